The average Bonchev–Trinajstić information content (AvgIpc) is 2.27. The fourth-order valence-corrected chi connectivity index (χ4v) is 1.85. The van der Waals surface area contributed by atoms with Gasteiger partial charge in [0, 0.05) is 5.56 Å². The first-order valence-corrected chi connectivity index (χ1v) is 6.00. The summed E-state index contributed by atoms with van der Waals surface area (Å²) in [6.45, 7) is 7.70. The summed E-state index contributed by atoms with van der Waals surface area (Å²) >= 11 is 6.04. The normalized spacial score (nSPS) is 14.9. The minimum absolute atomic E-state index is 0.366. The van der Waals surface area contributed by atoms with Gasteiger partial charge in [0.25, 0.3) is 0 Å². The summed E-state index contributed by atoms with van der Waals surface area (Å²) in [5.74, 6) is 0. The third-order valence-electron chi connectivity index (χ3n) is 2.72. The maximum Gasteiger partial charge on any atom is 0.135 e. The molecule has 1 rings (SSSR count). The molecule has 0 aliphatic rings. The highest BCUT2D eigenvalue weighted by Gasteiger charge is 2.09. The molecule has 3 heteroatoms. The number of nitrogens with zero attached hydrogens (tertiary/aromatic N) is 1. The number of allylic oxidation sites excluding steroid dienone is 4. The van der Waals surface area contributed by atoms with Crippen LogP contribution in [0.5, 0.6) is 0 Å². The standard InChI is InChI=1S/C14H18ClNO/c1-5-6-9(2)10(3)13-8-7-12(11(4)17)14(15)16-13/h5-8,11,17H,1-4H3/b6-5-,10-9-. The van der Waals surface area contributed by atoms with E-state index in [-0.39, 0.29) is 0 Å². The van der Waals surface area contributed by atoms with Gasteiger partial charge < -0.3 is 5.11 Å². The van der Waals surface area contributed by atoms with E-state index in [1.807, 2.05) is 45.1 Å². The molecule has 1 unspecified atom stereocenters. The topological polar surface area (TPSA) is 33.1 Å². The molecule has 0 saturated carbocycles. The van der Waals surface area contributed by atoms with Gasteiger partial charge in [0.2, 0.25) is 0 Å². The molecule has 0 spiro atoms. The Hall–Kier alpha value is -1.12. The molecule has 0 amide bonds. The minimum Gasteiger partial charge on any atom is -0.389 e. The van der Waals surface area contributed by atoms with E-state index in [9.17, 15) is 5.11 Å². The number of aromatic nitrogens is 1. The van der Waals surface area contributed by atoms with E-state index in [0.29, 0.717) is 10.7 Å². The third-order valence-corrected chi connectivity index (χ3v) is 3.02. The van der Waals surface area contributed by atoms with Crippen molar-refractivity contribution in [3.8, 4) is 0 Å². The second-order valence-corrected chi connectivity index (χ2v) is 4.42. The Balaban J connectivity index is 3.18. The molecule has 0 aliphatic heterocycles. The van der Waals surface area contributed by atoms with Crippen molar-refractivity contribution in [2.45, 2.75) is 33.8 Å². The van der Waals surface area contributed by atoms with Crippen molar-refractivity contribution in [3.05, 3.63) is 46.3 Å². The SMILES string of the molecule is C/C=C\C(C)=C(\C)c1ccc(C(C)O)c(Cl)n1. The van der Waals surface area contributed by atoms with Crippen molar-refractivity contribution in [2.75, 3.05) is 0 Å². The highest BCUT2D eigenvalue weighted by atomic mass is 35.5. The van der Waals surface area contributed by atoms with Crippen LogP contribution >= 0.6 is 11.6 Å². The maximum absolute atomic E-state index is 9.48. The van der Waals surface area contributed by atoms with Gasteiger partial charge >= 0.3 is 0 Å². The van der Waals surface area contributed by atoms with Gasteiger partial charge in [-0.05, 0) is 44.9 Å². The Morgan fingerprint density at radius 3 is 2.53 bits per heavy atom. The summed E-state index contributed by atoms with van der Waals surface area (Å²) in [5.41, 5.74) is 3.74. The lowest BCUT2D eigenvalue weighted by molar-refractivity contribution is 0.199. The monoisotopic (exact) mass is 251 g/mol. The van der Waals surface area contributed by atoms with Crippen LogP contribution in [0, 0.1) is 0 Å². The van der Waals surface area contributed by atoms with E-state index >= 15 is 0 Å². The fraction of sp³-hybridized carbons (Fsp3) is 0.357. The maximum atomic E-state index is 9.48. The summed E-state index contributed by atoms with van der Waals surface area (Å²) < 4.78 is 0. The lowest BCUT2D eigenvalue weighted by Gasteiger charge is -2.09. The molecule has 1 N–H and O–H groups in total. The molecule has 0 aliphatic carbocycles. The molecule has 92 valence electrons. The van der Waals surface area contributed by atoms with E-state index in [0.717, 1.165) is 16.8 Å². The molecule has 1 heterocycles. The number of halogens is 1. The van der Waals surface area contributed by atoms with Crippen molar-refractivity contribution in [1.82, 2.24) is 4.98 Å². The van der Waals surface area contributed by atoms with Crippen molar-refractivity contribution in [1.29, 1.82) is 0 Å². The Morgan fingerprint density at radius 2 is 2.06 bits per heavy atom. The highest BCUT2D eigenvalue weighted by Crippen LogP contribution is 2.24. The van der Waals surface area contributed by atoms with Crippen molar-refractivity contribution in [3.63, 3.8) is 0 Å². The van der Waals surface area contributed by atoms with Gasteiger partial charge in [-0.2, -0.15) is 0 Å². The van der Waals surface area contributed by atoms with Gasteiger partial charge in [0.05, 0.1) is 11.8 Å². The number of hydrogen-bond acceptors (Lipinski definition) is 2. The lowest BCUT2D eigenvalue weighted by Crippen LogP contribution is -1.97. The van der Waals surface area contributed by atoms with E-state index in [4.69, 9.17) is 11.6 Å². The zero-order chi connectivity index (χ0) is 13.0. The lowest BCUT2D eigenvalue weighted by atomic mass is 10.1. The summed E-state index contributed by atoms with van der Waals surface area (Å²) in [4.78, 5) is 4.31. The quantitative estimate of drug-likeness (QED) is 0.646. The first kappa shape index (κ1) is 13.9. The van der Waals surface area contributed by atoms with E-state index in [1.165, 1.54) is 0 Å². The molecule has 0 bridgehead atoms. The van der Waals surface area contributed by atoms with Gasteiger partial charge in [-0.25, -0.2) is 4.98 Å². The number of aliphatic hydroxyl groups is 1. The molecule has 0 saturated heterocycles. The molecule has 17 heavy (non-hydrogen) atoms. The Bertz CT molecular complexity index is 461. The first-order valence-electron chi connectivity index (χ1n) is 5.62. The number of aliphatic hydroxyl groups excluding tert-OH is 1. The average molecular weight is 252 g/mol. The van der Waals surface area contributed by atoms with Crippen LogP contribution < -0.4 is 0 Å². The second-order valence-electron chi connectivity index (χ2n) is 4.06. The molecular formula is C14H18ClNO. The van der Waals surface area contributed by atoms with Gasteiger partial charge in [-0.3, -0.25) is 0 Å². The van der Waals surface area contributed by atoms with Gasteiger partial charge in [0.15, 0.2) is 0 Å². The van der Waals surface area contributed by atoms with Crippen LogP contribution in [0.3, 0.4) is 0 Å². The third kappa shape index (κ3) is 3.42. The van der Waals surface area contributed by atoms with E-state index < -0.39 is 6.10 Å². The van der Waals surface area contributed by atoms with E-state index in [2.05, 4.69) is 4.98 Å². The smallest absolute Gasteiger partial charge is 0.135 e. The van der Waals surface area contributed by atoms with Crippen molar-refractivity contribution < 1.29 is 5.11 Å². The molecule has 1 atom stereocenters. The Labute approximate surface area is 108 Å². The molecule has 1 aromatic rings. The first-order chi connectivity index (χ1) is 7.97. The number of hydrogen-bond donors (Lipinski definition) is 1. The van der Waals surface area contributed by atoms with Gasteiger partial charge in [0.1, 0.15) is 5.15 Å². The van der Waals surface area contributed by atoms with Crippen LogP contribution in [0.15, 0.2) is 29.9 Å². The van der Waals surface area contributed by atoms with Crippen LogP contribution in [-0.2, 0) is 0 Å². The molecule has 0 fully saturated rings. The van der Waals surface area contributed by atoms with Crippen molar-refractivity contribution in [2.24, 2.45) is 0 Å². The summed E-state index contributed by atoms with van der Waals surface area (Å²) in [6, 6.07) is 3.71. The fourth-order valence-electron chi connectivity index (χ4n) is 1.54. The zero-order valence-electron chi connectivity index (χ0n) is 10.7. The van der Waals surface area contributed by atoms with Crippen LogP contribution in [0.2, 0.25) is 5.15 Å². The second kappa shape index (κ2) is 5.99. The summed E-state index contributed by atoms with van der Waals surface area (Å²) in [6.07, 6.45) is 3.43. The highest BCUT2D eigenvalue weighted by molar-refractivity contribution is 6.30. The van der Waals surface area contributed by atoms with Crippen LogP contribution in [0.25, 0.3) is 5.57 Å². The van der Waals surface area contributed by atoms with Crippen molar-refractivity contribution >= 4 is 17.2 Å². The number of rotatable bonds is 3. The Kier molecular flexibility index (Phi) is 4.91. The Morgan fingerprint density at radius 1 is 1.41 bits per heavy atom. The van der Waals surface area contributed by atoms with Crippen LogP contribution in [-0.4, -0.2) is 10.1 Å². The molecule has 0 radical (unpaired) electrons. The zero-order valence-corrected chi connectivity index (χ0v) is 11.4. The molecule has 2 nitrogen and oxygen atoms in total. The molecular weight excluding hydrogens is 234 g/mol. The predicted octanol–water partition coefficient (Wildman–Crippen LogP) is 4.16. The van der Waals surface area contributed by atoms with E-state index in [1.54, 1.807) is 6.92 Å². The summed E-state index contributed by atoms with van der Waals surface area (Å²) in [5, 5.41) is 9.85. The predicted molar refractivity (Wildman–Crippen MR) is 73.0 cm³/mol. The van der Waals surface area contributed by atoms with Crippen LogP contribution in [0.1, 0.15) is 45.1 Å². The molecule has 1 aromatic heterocycles. The largest absolute Gasteiger partial charge is 0.389 e. The summed E-state index contributed by atoms with van der Waals surface area (Å²) in [7, 11) is 0. The molecule has 0 aromatic carbocycles. The minimum atomic E-state index is -0.593. The van der Waals surface area contributed by atoms with Crippen LogP contribution in [0.4, 0.5) is 0 Å². The number of pyridine rings is 1. The van der Waals surface area contributed by atoms with Gasteiger partial charge in [-0.15, -0.1) is 0 Å². The van der Waals surface area contributed by atoms with Gasteiger partial charge in [-0.1, -0.05) is 29.8 Å².